The average Bonchev–Trinajstić information content (AvgIpc) is 2.86. The standard InChI is InChI=1S/C20H20BrClN2O2.C2H6/c21-15-9-14-2-1-13-10-16(22)3-4-17(13)19(18(14)23-11-15)24-7-5-12(6-8-24)20(25)26;1-2/h3-4,9-12,19H,1-2,5-8H2,(H,25,26);1-2H3. The molecule has 0 amide bonds. The zero-order valence-electron chi connectivity index (χ0n) is 16.3. The van der Waals surface area contributed by atoms with Gasteiger partial charge in [-0.25, -0.2) is 0 Å². The van der Waals surface area contributed by atoms with Crippen LogP contribution in [0.4, 0.5) is 0 Å². The molecule has 1 aromatic heterocycles. The van der Waals surface area contributed by atoms with Gasteiger partial charge in [-0.15, -0.1) is 0 Å². The summed E-state index contributed by atoms with van der Waals surface area (Å²) in [6.45, 7) is 5.53. The third kappa shape index (κ3) is 4.42. The van der Waals surface area contributed by atoms with Crippen molar-refractivity contribution in [3.8, 4) is 0 Å². The van der Waals surface area contributed by atoms with Crippen molar-refractivity contribution in [2.45, 2.75) is 45.6 Å². The Hall–Kier alpha value is -1.43. The van der Waals surface area contributed by atoms with Crippen molar-refractivity contribution in [3.63, 3.8) is 0 Å². The molecule has 1 aliphatic carbocycles. The summed E-state index contributed by atoms with van der Waals surface area (Å²) in [4.78, 5) is 18.5. The number of halogens is 2. The number of pyridine rings is 1. The largest absolute Gasteiger partial charge is 0.481 e. The Kier molecular flexibility index (Phi) is 7.13. The minimum atomic E-state index is -0.680. The molecular weight excluding hydrogens is 440 g/mol. The molecule has 0 saturated carbocycles. The Bertz CT molecular complexity index is 797. The molecule has 2 aliphatic rings. The normalized spacial score (nSPS) is 19.6. The summed E-state index contributed by atoms with van der Waals surface area (Å²) in [7, 11) is 0. The van der Waals surface area contributed by atoms with E-state index in [1.807, 2.05) is 26.1 Å². The number of carboxylic acid groups (broad SMARTS) is 1. The first kappa shape index (κ1) is 21.3. The Morgan fingerprint density at radius 2 is 1.86 bits per heavy atom. The summed E-state index contributed by atoms with van der Waals surface area (Å²) in [5.41, 5.74) is 4.84. The van der Waals surface area contributed by atoms with Crippen LogP contribution in [-0.2, 0) is 17.6 Å². The van der Waals surface area contributed by atoms with Gasteiger partial charge in [-0.3, -0.25) is 14.7 Å². The van der Waals surface area contributed by atoms with Crippen LogP contribution in [0.15, 0.2) is 34.9 Å². The zero-order chi connectivity index (χ0) is 20.3. The lowest BCUT2D eigenvalue weighted by Gasteiger charge is -2.37. The van der Waals surface area contributed by atoms with Crippen molar-refractivity contribution in [3.05, 3.63) is 62.3 Å². The van der Waals surface area contributed by atoms with Crippen LogP contribution in [-0.4, -0.2) is 34.0 Å². The maximum Gasteiger partial charge on any atom is 0.306 e. The number of carboxylic acids is 1. The van der Waals surface area contributed by atoms with Gasteiger partial charge >= 0.3 is 5.97 Å². The molecule has 1 aliphatic heterocycles. The number of piperidine rings is 1. The maximum absolute atomic E-state index is 11.3. The van der Waals surface area contributed by atoms with Crippen molar-refractivity contribution in [1.82, 2.24) is 9.88 Å². The van der Waals surface area contributed by atoms with Gasteiger partial charge in [0.15, 0.2) is 0 Å². The molecule has 1 atom stereocenters. The molecule has 0 spiro atoms. The van der Waals surface area contributed by atoms with E-state index in [1.54, 1.807) is 0 Å². The van der Waals surface area contributed by atoms with E-state index in [9.17, 15) is 9.90 Å². The molecule has 2 heterocycles. The highest BCUT2D eigenvalue weighted by Crippen LogP contribution is 2.39. The van der Waals surface area contributed by atoms with Crippen LogP contribution in [0.25, 0.3) is 0 Å². The van der Waals surface area contributed by atoms with E-state index in [0.717, 1.165) is 41.1 Å². The first-order chi connectivity index (χ1) is 13.5. The minimum Gasteiger partial charge on any atom is -0.481 e. The summed E-state index contributed by atoms with van der Waals surface area (Å²) in [6, 6.07) is 8.34. The van der Waals surface area contributed by atoms with E-state index >= 15 is 0 Å². The average molecular weight is 466 g/mol. The molecule has 0 radical (unpaired) electrons. The number of hydrogen-bond donors (Lipinski definition) is 1. The molecule has 6 heteroatoms. The highest BCUT2D eigenvalue weighted by atomic mass is 79.9. The SMILES string of the molecule is CC.O=C(O)C1CCN(C2c3ccc(Cl)cc3CCc3cc(Br)cnc32)CC1. The van der Waals surface area contributed by atoms with Crippen molar-refractivity contribution in [2.24, 2.45) is 5.92 Å². The van der Waals surface area contributed by atoms with E-state index in [4.69, 9.17) is 16.6 Å². The van der Waals surface area contributed by atoms with Crippen LogP contribution in [0, 0.1) is 5.92 Å². The number of carbonyl (C=O) groups is 1. The van der Waals surface area contributed by atoms with Gasteiger partial charge in [0.1, 0.15) is 0 Å². The molecule has 28 heavy (non-hydrogen) atoms. The summed E-state index contributed by atoms with van der Waals surface area (Å²) in [6.07, 6.45) is 5.08. The Morgan fingerprint density at radius 3 is 2.54 bits per heavy atom. The quantitative estimate of drug-likeness (QED) is 0.635. The van der Waals surface area contributed by atoms with E-state index in [2.05, 4.69) is 39.0 Å². The fourth-order valence-corrected chi connectivity index (χ4v) is 4.76. The molecule has 4 rings (SSSR count). The van der Waals surface area contributed by atoms with Gasteiger partial charge in [-0.2, -0.15) is 0 Å². The fraction of sp³-hybridized carbons (Fsp3) is 0.455. The molecule has 150 valence electrons. The third-order valence-corrected chi connectivity index (χ3v) is 6.20. The van der Waals surface area contributed by atoms with Gasteiger partial charge in [-0.05, 0) is 89.6 Å². The van der Waals surface area contributed by atoms with Crippen LogP contribution < -0.4 is 0 Å². The number of nitrogens with zero attached hydrogens (tertiary/aromatic N) is 2. The highest BCUT2D eigenvalue weighted by Gasteiger charge is 2.34. The van der Waals surface area contributed by atoms with Gasteiger partial charge < -0.3 is 5.11 Å². The van der Waals surface area contributed by atoms with E-state index < -0.39 is 5.97 Å². The van der Waals surface area contributed by atoms with E-state index in [0.29, 0.717) is 12.8 Å². The second-order valence-corrected chi connectivity index (χ2v) is 8.44. The van der Waals surface area contributed by atoms with Crippen LogP contribution in [0.5, 0.6) is 0 Å². The lowest BCUT2D eigenvalue weighted by molar-refractivity contribution is -0.143. The first-order valence-electron chi connectivity index (χ1n) is 9.92. The van der Waals surface area contributed by atoms with Crippen LogP contribution in [0.3, 0.4) is 0 Å². The zero-order valence-corrected chi connectivity index (χ0v) is 18.6. The van der Waals surface area contributed by atoms with E-state index in [1.165, 1.54) is 16.7 Å². The molecule has 1 N–H and O–H groups in total. The molecule has 1 aromatic carbocycles. The lowest BCUT2D eigenvalue weighted by Crippen LogP contribution is -2.39. The molecule has 1 saturated heterocycles. The van der Waals surface area contributed by atoms with Gasteiger partial charge in [0, 0.05) is 15.7 Å². The molecule has 1 fully saturated rings. The molecular formula is C22H26BrClN2O2. The van der Waals surface area contributed by atoms with Gasteiger partial charge in [0.25, 0.3) is 0 Å². The number of aryl methyl sites for hydroxylation is 2. The predicted molar refractivity (Wildman–Crippen MR) is 116 cm³/mol. The van der Waals surface area contributed by atoms with Crippen molar-refractivity contribution in [1.29, 1.82) is 0 Å². The maximum atomic E-state index is 11.3. The summed E-state index contributed by atoms with van der Waals surface area (Å²) in [5, 5.41) is 10.1. The summed E-state index contributed by atoms with van der Waals surface area (Å²) >= 11 is 9.79. The Labute approximate surface area is 180 Å². The lowest BCUT2D eigenvalue weighted by atomic mass is 9.91. The minimum absolute atomic E-state index is 0.0580. The number of aliphatic carboxylic acids is 1. The van der Waals surface area contributed by atoms with Gasteiger partial charge in [-0.1, -0.05) is 31.5 Å². The topological polar surface area (TPSA) is 53.4 Å². The summed E-state index contributed by atoms with van der Waals surface area (Å²) < 4.78 is 0.989. The van der Waals surface area contributed by atoms with Crippen molar-refractivity contribution < 1.29 is 9.90 Å². The van der Waals surface area contributed by atoms with Gasteiger partial charge in [0.2, 0.25) is 0 Å². The van der Waals surface area contributed by atoms with Crippen LogP contribution >= 0.6 is 27.5 Å². The molecule has 1 unspecified atom stereocenters. The van der Waals surface area contributed by atoms with Crippen molar-refractivity contribution in [2.75, 3.05) is 13.1 Å². The smallest absolute Gasteiger partial charge is 0.306 e. The van der Waals surface area contributed by atoms with Gasteiger partial charge in [0.05, 0.1) is 17.7 Å². The summed E-state index contributed by atoms with van der Waals surface area (Å²) in [5.74, 6) is -0.917. The number of aromatic nitrogens is 1. The number of likely N-dealkylation sites (tertiary alicyclic amines) is 1. The Morgan fingerprint density at radius 1 is 1.18 bits per heavy atom. The molecule has 2 aromatic rings. The second kappa shape index (κ2) is 9.38. The highest BCUT2D eigenvalue weighted by molar-refractivity contribution is 9.10. The van der Waals surface area contributed by atoms with Crippen LogP contribution in [0.2, 0.25) is 5.02 Å². The van der Waals surface area contributed by atoms with Crippen molar-refractivity contribution >= 4 is 33.5 Å². The second-order valence-electron chi connectivity index (χ2n) is 7.09. The predicted octanol–water partition coefficient (Wildman–Crippen LogP) is 5.51. The monoisotopic (exact) mass is 464 g/mol. The number of benzene rings is 1. The van der Waals surface area contributed by atoms with E-state index in [-0.39, 0.29) is 12.0 Å². The molecule has 0 bridgehead atoms. The number of fused-ring (bicyclic) bond motifs is 2. The number of hydrogen-bond acceptors (Lipinski definition) is 3. The van der Waals surface area contributed by atoms with Crippen LogP contribution in [0.1, 0.15) is 55.1 Å². The molecule has 4 nitrogen and oxygen atoms in total. The third-order valence-electron chi connectivity index (χ3n) is 5.53. The first-order valence-corrected chi connectivity index (χ1v) is 11.1. The fourth-order valence-electron chi connectivity index (χ4n) is 4.19. The Balaban J connectivity index is 0.00000109. The number of rotatable bonds is 2.